The maximum absolute atomic E-state index is 10.7. The van der Waals surface area contributed by atoms with Crippen molar-refractivity contribution in [1.82, 2.24) is 4.57 Å². The van der Waals surface area contributed by atoms with Gasteiger partial charge in [0.05, 0.1) is 16.3 Å². The van der Waals surface area contributed by atoms with Gasteiger partial charge in [0.25, 0.3) is 10.1 Å². The molecule has 0 bridgehead atoms. The normalized spacial score (nSPS) is 14.9. The molecule has 2 aromatic rings. The van der Waals surface area contributed by atoms with E-state index >= 15 is 0 Å². The number of benzene rings is 1. The lowest BCUT2D eigenvalue weighted by molar-refractivity contribution is 0.408. The molecule has 6 nitrogen and oxygen atoms in total. The molecule has 138 valence electrons. The van der Waals surface area contributed by atoms with E-state index in [0.29, 0.717) is 34.6 Å². The predicted molar refractivity (Wildman–Crippen MR) is 108 cm³/mol. The number of fused-ring (bicyclic) bond motifs is 1. The fourth-order valence-corrected chi connectivity index (χ4v) is 4.61. The highest BCUT2D eigenvalue weighted by molar-refractivity contribution is 7.85. The Bertz CT molecular complexity index is 1030. The molecule has 0 spiro atoms. The fraction of sp³-hybridized carbons (Fsp3) is 0.294. The molecule has 1 aliphatic rings. The van der Waals surface area contributed by atoms with E-state index in [0.717, 1.165) is 16.8 Å². The van der Waals surface area contributed by atoms with Gasteiger partial charge in [0.1, 0.15) is 0 Å². The number of hydrogen-bond acceptors (Lipinski definition) is 6. The van der Waals surface area contributed by atoms with E-state index in [2.05, 4.69) is 4.99 Å². The van der Waals surface area contributed by atoms with Gasteiger partial charge < -0.3 is 5.11 Å². The first kappa shape index (κ1) is 19.0. The van der Waals surface area contributed by atoms with Crippen molar-refractivity contribution in [3.63, 3.8) is 0 Å². The van der Waals surface area contributed by atoms with Gasteiger partial charge in [0, 0.05) is 23.9 Å². The third-order valence-electron chi connectivity index (χ3n) is 4.02. The summed E-state index contributed by atoms with van der Waals surface area (Å²) in [5, 5.41) is 10.5. The summed E-state index contributed by atoms with van der Waals surface area (Å²) in [6.45, 7) is 0.500. The predicted octanol–water partition coefficient (Wildman–Crippen LogP) is 4.30. The minimum Gasteiger partial charge on any atom is -0.493 e. The van der Waals surface area contributed by atoms with Crippen LogP contribution >= 0.6 is 23.6 Å². The van der Waals surface area contributed by atoms with Gasteiger partial charge in [0.2, 0.25) is 5.88 Å². The zero-order chi connectivity index (χ0) is 18.7. The highest BCUT2D eigenvalue weighted by Gasteiger charge is 2.15. The van der Waals surface area contributed by atoms with Crippen molar-refractivity contribution in [1.29, 1.82) is 0 Å². The standard InChI is InChI=1S/C17H18N2O4S3/c20-16-15(10-12-11-18-14-7-3-2-6-13(12)14)25-17(24)19(16)8-4-1-5-9-26(21,22)23/h2-3,6-7,10-11,20H,1,4-5,8-9H2,(H,21,22,23)/b12-10+. The van der Waals surface area contributed by atoms with Crippen LogP contribution in [0.1, 0.15) is 29.7 Å². The fourth-order valence-electron chi connectivity index (χ4n) is 2.73. The summed E-state index contributed by atoms with van der Waals surface area (Å²) in [6, 6.07) is 7.79. The number of aromatic nitrogens is 1. The molecule has 3 rings (SSSR count). The van der Waals surface area contributed by atoms with Crippen LogP contribution in [-0.2, 0) is 16.7 Å². The van der Waals surface area contributed by atoms with Crippen LogP contribution in [0.2, 0.25) is 0 Å². The van der Waals surface area contributed by atoms with E-state index in [-0.39, 0.29) is 11.6 Å². The van der Waals surface area contributed by atoms with Crippen LogP contribution in [0.4, 0.5) is 5.69 Å². The summed E-state index contributed by atoms with van der Waals surface area (Å²) < 4.78 is 32.4. The van der Waals surface area contributed by atoms with Crippen LogP contribution in [-0.4, -0.2) is 34.6 Å². The van der Waals surface area contributed by atoms with Crippen LogP contribution in [0.5, 0.6) is 5.88 Å². The van der Waals surface area contributed by atoms with Crippen molar-refractivity contribution in [3.05, 3.63) is 38.7 Å². The highest BCUT2D eigenvalue weighted by Crippen LogP contribution is 2.35. The summed E-state index contributed by atoms with van der Waals surface area (Å²) in [5.41, 5.74) is 2.84. The van der Waals surface area contributed by atoms with E-state index in [4.69, 9.17) is 16.8 Å². The Labute approximate surface area is 160 Å². The largest absolute Gasteiger partial charge is 0.493 e. The molecule has 1 aromatic carbocycles. The first-order valence-corrected chi connectivity index (χ1v) is 10.9. The lowest BCUT2D eigenvalue weighted by Gasteiger charge is -2.04. The Morgan fingerprint density at radius 1 is 1.23 bits per heavy atom. The van der Waals surface area contributed by atoms with Crippen molar-refractivity contribution in [2.24, 2.45) is 4.99 Å². The topological polar surface area (TPSA) is 91.9 Å². The van der Waals surface area contributed by atoms with Gasteiger partial charge in [-0.15, -0.1) is 11.3 Å². The number of para-hydroxylation sites is 1. The molecule has 9 heteroatoms. The Kier molecular flexibility index (Phi) is 5.71. The van der Waals surface area contributed by atoms with E-state index in [1.165, 1.54) is 11.3 Å². The number of thiazole rings is 1. The third-order valence-corrected chi connectivity index (χ3v) is 6.21. The smallest absolute Gasteiger partial charge is 0.264 e. The zero-order valence-electron chi connectivity index (χ0n) is 13.8. The van der Waals surface area contributed by atoms with Crippen LogP contribution < -0.4 is 0 Å². The molecule has 0 aliphatic carbocycles. The van der Waals surface area contributed by atoms with Gasteiger partial charge in [-0.2, -0.15) is 8.42 Å². The molecule has 1 aliphatic heterocycles. The van der Waals surface area contributed by atoms with Crippen LogP contribution in [0.25, 0.3) is 11.6 Å². The lowest BCUT2D eigenvalue weighted by atomic mass is 10.1. The average molecular weight is 411 g/mol. The van der Waals surface area contributed by atoms with Gasteiger partial charge >= 0.3 is 0 Å². The molecule has 0 amide bonds. The second-order valence-electron chi connectivity index (χ2n) is 5.93. The van der Waals surface area contributed by atoms with Gasteiger partial charge in [-0.05, 0) is 37.2 Å². The second kappa shape index (κ2) is 7.83. The second-order valence-corrected chi connectivity index (χ2v) is 9.18. The molecule has 0 radical (unpaired) electrons. The van der Waals surface area contributed by atoms with Crippen molar-refractivity contribution in [2.75, 3.05) is 5.75 Å². The van der Waals surface area contributed by atoms with Crippen molar-refractivity contribution < 1.29 is 18.1 Å². The summed E-state index contributed by atoms with van der Waals surface area (Å²) in [7, 11) is -3.91. The summed E-state index contributed by atoms with van der Waals surface area (Å²) in [5.74, 6) is -0.135. The monoisotopic (exact) mass is 410 g/mol. The van der Waals surface area contributed by atoms with Crippen LogP contribution in [0, 0.1) is 3.95 Å². The molecule has 0 unspecified atom stereocenters. The molecule has 0 fully saturated rings. The quantitative estimate of drug-likeness (QED) is 0.403. The van der Waals surface area contributed by atoms with Gasteiger partial charge in [-0.25, -0.2) is 0 Å². The molecule has 1 aromatic heterocycles. The number of nitrogens with zero attached hydrogens (tertiary/aromatic N) is 2. The molecule has 2 N–H and O–H groups in total. The molecule has 2 heterocycles. The minimum absolute atomic E-state index is 0.111. The van der Waals surface area contributed by atoms with Gasteiger partial charge in [-0.3, -0.25) is 14.1 Å². The number of aliphatic imine (C=N–C) groups is 1. The number of allylic oxidation sites excluding steroid dienone is 1. The van der Waals surface area contributed by atoms with Crippen LogP contribution in [0.3, 0.4) is 0 Å². The van der Waals surface area contributed by atoms with Gasteiger partial charge in [0.15, 0.2) is 3.95 Å². The first-order valence-electron chi connectivity index (χ1n) is 8.08. The lowest BCUT2D eigenvalue weighted by Crippen LogP contribution is -2.04. The molecule has 26 heavy (non-hydrogen) atoms. The van der Waals surface area contributed by atoms with E-state index in [9.17, 15) is 13.5 Å². The van der Waals surface area contributed by atoms with E-state index in [1.807, 2.05) is 30.3 Å². The summed E-state index contributed by atoms with van der Waals surface area (Å²) in [6.07, 6.45) is 5.30. The van der Waals surface area contributed by atoms with E-state index in [1.54, 1.807) is 10.8 Å². The summed E-state index contributed by atoms with van der Waals surface area (Å²) >= 11 is 6.66. The summed E-state index contributed by atoms with van der Waals surface area (Å²) in [4.78, 5) is 5.03. The molecule has 0 atom stereocenters. The number of rotatable bonds is 7. The molecular weight excluding hydrogens is 392 g/mol. The maximum atomic E-state index is 10.7. The number of unbranched alkanes of at least 4 members (excludes halogenated alkanes) is 2. The molecule has 0 saturated carbocycles. The Morgan fingerprint density at radius 2 is 2.00 bits per heavy atom. The number of hydrogen-bond donors (Lipinski definition) is 2. The average Bonchev–Trinajstić information content (AvgIpc) is 3.10. The van der Waals surface area contributed by atoms with E-state index < -0.39 is 10.1 Å². The van der Waals surface area contributed by atoms with Crippen molar-refractivity contribution in [2.45, 2.75) is 25.8 Å². The zero-order valence-corrected chi connectivity index (χ0v) is 16.3. The Hall–Kier alpha value is -1.81. The first-order chi connectivity index (χ1) is 12.3. The van der Waals surface area contributed by atoms with Crippen molar-refractivity contribution >= 4 is 57.2 Å². The Balaban J connectivity index is 1.70. The van der Waals surface area contributed by atoms with Crippen LogP contribution in [0.15, 0.2) is 29.3 Å². The molecule has 0 saturated heterocycles. The maximum Gasteiger partial charge on any atom is 0.264 e. The SMILES string of the molecule is O=S(=O)(O)CCCCCn1c(O)c(/C=C2\C=Nc3ccccc32)sc1=S. The highest BCUT2D eigenvalue weighted by atomic mass is 32.2. The minimum atomic E-state index is -3.91. The van der Waals surface area contributed by atoms with Gasteiger partial charge in [-0.1, -0.05) is 24.6 Å². The third kappa shape index (κ3) is 4.47. The Morgan fingerprint density at radius 3 is 2.77 bits per heavy atom. The molecular formula is C17H18N2O4S3. The van der Waals surface area contributed by atoms with Crippen molar-refractivity contribution in [3.8, 4) is 5.88 Å². The number of aromatic hydroxyl groups is 1.